The van der Waals surface area contributed by atoms with Gasteiger partial charge < -0.3 is 4.74 Å². The number of esters is 1. The van der Waals surface area contributed by atoms with Gasteiger partial charge in [0.25, 0.3) is 0 Å². The number of carbonyl (C=O) groups is 1. The third kappa shape index (κ3) is 3.28. The summed E-state index contributed by atoms with van der Waals surface area (Å²) < 4.78 is 5.77. The van der Waals surface area contributed by atoms with E-state index in [4.69, 9.17) is 16.3 Å². The Hall–Kier alpha value is -1.39. The molecule has 1 aromatic carbocycles. The smallest absolute Gasteiger partial charge is 0.318 e. The van der Waals surface area contributed by atoms with Crippen LogP contribution in [0.25, 0.3) is 0 Å². The molecule has 1 aromatic heterocycles. The monoisotopic (exact) mass is 267 g/mol. The number of carbonyl (C=O) groups excluding carboxylic acids is 1. The summed E-state index contributed by atoms with van der Waals surface area (Å²) >= 11 is 7.18. The molecule has 0 fully saturated rings. The van der Waals surface area contributed by atoms with Crippen LogP contribution in [0.1, 0.15) is 10.7 Å². The molecule has 0 N–H and O–H groups in total. The van der Waals surface area contributed by atoms with Gasteiger partial charge in [0, 0.05) is 0 Å². The SMILES string of the molecule is Cc1nc(CC(=O)Oc2ccccc2)sc1Cl. The molecule has 3 nitrogen and oxygen atoms in total. The van der Waals surface area contributed by atoms with Crippen molar-refractivity contribution in [1.29, 1.82) is 0 Å². The van der Waals surface area contributed by atoms with Gasteiger partial charge in [0.05, 0.1) is 12.1 Å². The van der Waals surface area contributed by atoms with Gasteiger partial charge in [-0.25, -0.2) is 4.98 Å². The maximum absolute atomic E-state index is 11.6. The van der Waals surface area contributed by atoms with Crippen LogP contribution in [-0.2, 0) is 11.2 Å². The molecule has 0 atom stereocenters. The summed E-state index contributed by atoms with van der Waals surface area (Å²) in [4.78, 5) is 15.8. The molecule has 1 heterocycles. The molecule has 2 aromatic rings. The molecule has 0 saturated carbocycles. The molecule has 0 radical (unpaired) electrons. The lowest BCUT2D eigenvalue weighted by atomic mass is 10.3. The minimum Gasteiger partial charge on any atom is -0.426 e. The number of para-hydroxylation sites is 1. The van der Waals surface area contributed by atoms with Crippen LogP contribution in [0.15, 0.2) is 30.3 Å². The van der Waals surface area contributed by atoms with Crippen molar-refractivity contribution in [2.45, 2.75) is 13.3 Å². The van der Waals surface area contributed by atoms with Crippen LogP contribution in [-0.4, -0.2) is 11.0 Å². The Morgan fingerprint density at radius 2 is 2.12 bits per heavy atom. The number of hydrogen-bond donors (Lipinski definition) is 0. The average molecular weight is 268 g/mol. The molecule has 0 amide bonds. The predicted molar refractivity (Wildman–Crippen MR) is 67.6 cm³/mol. The number of thiazole rings is 1. The maximum atomic E-state index is 11.6. The summed E-state index contributed by atoms with van der Waals surface area (Å²) in [7, 11) is 0. The molecule has 0 spiro atoms. The third-order valence-electron chi connectivity index (χ3n) is 2.05. The van der Waals surface area contributed by atoms with Crippen molar-refractivity contribution in [2.75, 3.05) is 0 Å². The highest BCUT2D eigenvalue weighted by Crippen LogP contribution is 2.24. The Labute approximate surface area is 108 Å². The van der Waals surface area contributed by atoms with Crippen LogP contribution in [0.3, 0.4) is 0 Å². The van der Waals surface area contributed by atoms with Crippen LogP contribution >= 0.6 is 22.9 Å². The predicted octanol–water partition coefficient (Wildman–Crippen LogP) is 3.25. The van der Waals surface area contributed by atoms with Gasteiger partial charge in [0.15, 0.2) is 0 Å². The van der Waals surface area contributed by atoms with Crippen LogP contribution < -0.4 is 4.74 Å². The summed E-state index contributed by atoms with van der Waals surface area (Å²) in [6.07, 6.45) is 0.146. The number of aryl methyl sites for hydroxylation is 1. The summed E-state index contributed by atoms with van der Waals surface area (Å²) in [5.41, 5.74) is 0.749. The van der Waals surface area contributed by atoms with Gasteiger partial charge in [-0.2, -0.15) is 0 Å². The fourth-order valence-electron chi connectivity index (χ4n) is 1.29. The second kappa shape index (κ2) is 5.29. The molecule has 0 bridgehead atoms. The minimum atomic E-state index is -0.332. The number of rotatable bonds is 3. The van der Waals surface area contributed by atoms with Crippen molar-refractivity contribution in [2.24, 2.45) is 0 Å². The lowest BCUT2D eigenvalue weighted by Crippen LogP contribution is -2.10. The van der Waals surface area contributed by atoms with E-state index in [1.54, 1.807) is 12.1 Å². The van der Waals surface area contributed by atoms with Gasteiger partial charge >= 0.3 is 5.97 Å². The average Bonchev–Trinajstić information content (AvgIpc) is 2.59. The molecule has 17 heavy (non-hydrogen) atoms. The fourth-order valence-corrected chi connectivity index (χ4v) is 2.37. The van der Waals surface area contributed by atoms with E-state index in [-0.39, 0.29) is 12.4 Å². The highest BCUT2D eigenvalue weighted by Gasteiger charge is 2.11. The molecule has 88 valence electrons. The van der Waals surface area contributed by atoms with Crippen molar-refractivity contribution in [3.63, 3.8) is 0 Å². The van der Waals surface area contributed by atoms with Crippen LogP contribution in [0.2, 0.25) is 4.34 Å². The fraction of sp³-hybridized carbons (Fsp3) is 0.167. The summed E-state index contributed by atoms with van der Waals surface area (Å²) in [5.74, 6) is 0.207. The van der Waals surface area contributed by atoms with Crippen molar-refractivity contribution in [3.05, 3.63) is 45.4 Å². The van der Waals surface area contributed by atoms with Gasteiger partial charge in [0.1, 0.15) is 15.1 Å². The second-order valence-electron chi connectivity index (χ2n) is 3.43. The Morgan fingerprint density at radius 3 is 2.71 bits per heavy atom. The zero-order valence-corrected chi connectivity index (χ0v) is 10.7. The molecule has 2 rings (SSSR count). The largest absolute Gasteiger partial charge is 0.426 e. The number of aromatic nitrogens is 1. The minimum absolute atomic E-state index is 0.146. The lowest BCUT2D eigenvalue weighted by Gasteiger charge is -2.01. The number of ether oxygens (including phenoxy) is 1. The molecular weight excluding hydrogens is 258 g/mol. The van der Waals surface area contributed by atoms with Crippen LogP contribution in [0, 0.1) is 6.92 Å². The van der Waals surface area contributed by atoms with Crippen molar-refractivity contribution in [3.8, 4) is 5.75 Å². The Bertz CT molecular complexity index is 505. The molecule has 0 aliphatic rings. The normalized spacial score (nSPS) is 10.2. The summed E-state index contributed by atoms with van der Waals surface area (Å²) in [6, 6.07) is 8.96. The van der Waals surface area contributed by atoms with E-state index >= 15 is 0 Å². The van der Waals surface area contributed by atoms with E-state index < -0.39 is 0 Å². The van der Waals surface area contributed by atoms with Crippen LogP contribution in [0.5, 0.6) is 5.75 Å². The first-order valence-electron chi connectivity index (χ1n) is 5.02. The standard InChI is InChI=1S/C12H10ClNO2S/c1-8-12(13)17-10(14-8)7-11(15)16-9-5-3-2-4-6-9/h2-6H,7H2,1H3. The lowest BCUT2D eigenvalue weighted by molar-refractivity contribution is -0.133. The molecule has 0 aliphatic heterocycles. The van der Waals surface area contributed by atoms with Gasteiger partial charge in [-0.15, -0.1) is 11.3 Å². The maximum Gasteiger partial charge on any atom is 0.318 e. The van der Waals surface area contributed by atoms with E-state index in [1.807, 2.05) is 25.1 Å². The molecule has 0 saturated heterocycles. The van der Waals surface area contributed by atoms with Crippen molar-refractivity contribution >= 4 is 28.9 Å². The van der Waals surface area contributed by atoms with Crippen molar-refractivity contribution in [1.82, 2.24) is 4.98 Å². The van der Waals surface area contributed by atoms with Gasteiger partial charge in [-0.3, -0.25) is 4.79 Å². The summed E-state index contributed by atoms with van der Waals surface area (Å²) in [5, 5.41) is 0.674. The third-order valence-corrected chi connectivity index (χ3v) is 3.51. The first-order valence-corrected chi connectivity index (χ1v) is 6.22. The molecule has 5 heteroatoms. The van der Waals surface area contributed by atoms with E-state index in [1.165, 1.54) is 11.3 Å². The zero-order valence-electron chi connectivity index (χ0n) is 9.14. The van der Waals surface area contributed by atoms with E-state index in [0.29, 0.717) is 15.1 Å². The number of benzene rings is 1. The Morgan fingerprint density at radius 1 is 1.41 bits per heavy atom. The van der Waals surface area contributed by atoms with E-state index in [9.17, 15) is 4.79 Å². The summed E-state index contributed by atoms with van der Waals surface area (Å²) in [6.45, 7) is 1.81. The topological polar surface area (TPSA) is 39.2 Å². The van der Waals surface area contributed by atoms with E-state index in [2.05, 4.69) is 4.98 Å². The highest BCUT2D eigenvalue weighted by atomic mass is 35.5. The number of hydrogen-bond acceptors (Lipinski definition) is 4. The quantitative estimate of drug-likeness (QED) is 0.633. The number of nitrogens with zero attached hydrogens (tertiary/aromatic N) is 1. The number of halogens is 1. The van der Waals surface area contributed by atoms with Gasteiger partial charge in [0.2, 0.25) is 0 Å². The van der Waals surface area contributed by atoms with Gasteiger partial charge in [-0.1, -0.05) is 29.8 Å². The molecule has 0 aliphatic carbocycles. The zero-order chi connectivity index (χ0) is 12.3. The highest BCUT2D eigenvalue weighted by molar-refractivity contribution is 7.16. The first-order chi connectivity index (χ1) is 8.15. The first kappa shape index (κ1) is 12.1. The Kier molecular flexibility index (Phi) is 3.76. The molecular formula is C12H10ClNO2S. The second-order valence-corrected chi connectivity index (χ2v) is 5.12. The van der Waals surface area contributed by atoms with Crippen LogP contribution in [0.4, 0.5) is 0 Å². The van der Waals surface area contributed by atoms with Crippen molar-refractivity contribution < 1.29 is 9.53 Å². The Balaban J connectivity index is 1.98. The van der Waals surface area contributed by atoms with E-state index in [0.717, 1.165) is 5.69 Å². The molecule has 0 unspecified atom stereocenters. The van der Waals surface area contributed by atoms with Gasteiger partial charge in [-0.05, 0) is 19.1 Å².